The zero-order valence-electron chi connectivity index (χ0n) is 20.5. The van der Waals surface area contributed by atoms with E-state index < -0.39 is 6.36 Å². The monoisotopic (exact) mass is 506 g/mol. The van der Waals surface area contributed by atoms with Gasteiger partial charge >= 0.3 is 6.36 Å². The van der Waals surface area contributed by atoms with E-state index in [1.165, 1.54) is 10.9 Å². The van der Waals surface area contributed by atoms with Gasteiger partial charge in [-0.2, -0.15) is 4.98 Å². The quantitative estimate of drug-likeness (QED) is 0.350. The topological polar surface area (TPSA) is 90.1 Å². The van der Waals surface area contributed by atoms with E-state index >= 15 is 0 Å². The molecule has 2 aromatic heterocycles. The van der Waals surface area contributed by atoms with Crippen molar-refractivity contribution in [1.82, 2.24) is 25.1 Å². The summed E-state index contributed by atoms with van der Waals surface area (Å²) in [5.74, 6) is 0.850. The Bertz CT molecular complexity index is 1120. The number of rotatable bonds is 12. The average molecular weight is 507 g/mol. The third kappa shape index (κ3) is 7.07. The maximum absolute atomic E-state index is 13.1. The van der Waals surface area contributed by atoms with Crippen LogP contribution in [0.3, 0.4) is 0 Å². The smallest absolute Gasteiger partial charge is 0.361 e. The number of para-hydroxylation sites is 1. The van der Waals surface area contributed by atoms with Gasteiger partial charge in [0.25, 0.3) is 0 Å². The second kappa shape index (κ2) is 11.9. The Morgan fingerprint density at radius 2 is 1.97 bits per heavy atom. The van der Waals surface area contributed by atoms with Gasteiger partial charge in [0.15, 0.2) is 11.6 Å². The van der Waals surface area contributed by atoms with Gasteiger partial charge in [0.05, 0.1) is 6.61 Å². The molecular formula is C25H33F3N6O2. The number of aromatic nitrogens is 4. The molecule has 1 fully saturated rings. The number of nitrogens with zero attached hydrogens (tertiary/aromatic N) is 4. The lowest BCUT2D eigenvalue weighted by Crippen LogP contribution is -2.48. The van der Waals surface area contributed by atoms with E-state index in [1.807, 2.05) is 28.1 Å². The number of unbranched alkanes of at least 4 members (excludes halogenated alkanes) is 1. The highest BCUT2D eigenvalue weighted by Gasteiger charge is 2.29. The number of hydrogen-bond donors (Lipinski definition) is 2. The standard InChI is InChI=1S/C25H33F3N6O2/c1-2-3-6-18(15-19-17-29-21-8-5-4-7-20(19)21)16-22(35)23-30-24(32-31-23)34-11-9-33(10-12-34)13-14-36-25(26,27)28/h4-5,7-8,17-18,29H,2-3,6,9-16H2,1H3,(H,30,31,32). The number of H-pyrrole nitrogens is 2. The molecule has 36 heavy (non-hydrogen) atoms. The molecule has 1 saturated heterocycles. The van der Waals surface area contributed by atoms with Crippen molar-refractivity contribution in [2.24, 2.45) is 5.92 Å². The predicted molar refractivity (Wildman–Crippen MR) is 131 cm³/mol. The number of carbonyl (C=O) groups excluding carboxylic acids is 1. The van der Waals surface area contributed by atoms with Crippen molar-refractivity contribution < 1.29 is 22.7 Å². The molecule has 3 aromatic rings. The molecule has 0 amide bonds. The zero-order chi connectivity index (χ0) is 25.5. The fourth-order valence-corrected chi connectivity index (χ4v) is 4.72. The van der Waals surface area contributed by atoms with Crippen LogP contribution in [0.15, 0.2) is 30.5 Å². The lowest BCUT2D eigenvalue weighted by molar-refractivity contribution is -0.325. The highest BCUT2D eigenvalue weighted by Crippen LogP contribution is 2.26. The number of ether oxygens (including phenoxy) is 1. The molecule has 196 valence electrons. The molecule has 0 bridgehead atoms. The van der Waals surface area contributed by atoms with Crippen LogP contribution in [0.25, 0.3) is 10.9 Å². The molecule has 3 heterocycles. The molecule has 1 unspecified atom stereocenters. The minimum atomic E-state index is -4.60. The third-order valence-electron chi connectivity index (χ3n) is 6.69. The van der Waals surface area contributed by atoms with Crippen molar-refractivity contribution in [2.45, 2.75) is 45.4 Å². The summed E-state index contributed by atoms with van der Waals surface area (Å²) in [4.78, 5) is 24.7. The Balaban J connectivity index is 1.31. The van der Waals surface area contributed by atoms with Gasteiger partial charge < -0.3 is 9.88 Å². The van der Waals surface area contributed by atoms with Crippen LogP contribution in [0, 0.1) is 5.92 Å². The molecule has 0 aliphatic carbocycles. The largest absolute Gasteiger partial charge is 0.522 e. The first kappa shape index (κ1) is 26.2. The third-order valence-corrected chi connectivity index (χ3v) is 6.69. The van der Waals surface area contributed by atoms with E-state index in [0.29, 0.717) is 38.5 Å². The van der Waals surface area contributed by atoms with E-state index in [9.17, 15) is 18.0 Å². The second-order valence-electron chi connectivity index (χ2n) is 9.31. The lowest BCUT2D eigenvalue weighted by Gasteiger charge is -2.33. The van der Waals surface area contributed by atoms with Crippen LogP contribution in [0.2, 0.25) is 0 Å². The number of carbonyl (C=O) groups is 1. The fraction of sp³-hybridized carbons (Fsp3) is 0.560. The molecular weight excluding hydrogens is 473 g/mol. The summed E-state index contributed by atoms with van der Waals surface area (Å²) in [6.45, 7) is 4.25. The molecule has 0 radical (unpaired) electrons. The summed E-state index contributed by atoms with van der Waals surface area (Å²) in [7, 11) is 0. The maximum Gasteiger partial charge on any atom is 0.522 e. The summed E-state index contributed by atoms with van der Waals surface area (Å²) in [6, 6.07) is 8.19. The summed E-state index contributed by atoms with van der Waals surface area (Å²) in [6.07, 6.45) is 1.73. The van der Waals surface area contributed by atoms with Gasteiger partial charge in [0, 0.05) is 56.2 Å². The molecule has 1 atom stereocenters. The van der Waals surface area contributed by atoms with Crippen molar-refractivity contribution in [2.75, 3.05) is 44.2 Å². The molecule has 4 rings (SSSR count). The van der Waals surface area contributed by atoms with Crippen LogP contribution in [-0.4, -0.2) is 76.5 Å². The van der Waals surface area contributed by atoms with E-state index in [4.69, 9.17) is 0 Å². The molecule has 0 saturated carbocycles. The molecule has 1 aliphatic rings. The highest BCUT2D eigenvalue weighted by atomic mass is 19.4. The Morgan fingerprint density at radius 3 is 2.72 bits per heavy atom. The molecule has 8 nitrogen and oxygen atoms in total. The number of piperazine rings is 1. The summed E-state index contributed by atoms with van der Waals surface area (Å²) < 4.78 is 40.3. The SMILES string of the molecule is CCCCC(CC(=O)c1nc(N2CCN(CCOC(F)(F)F)CC2)n[nH]1)Cc1c[nH]c2ccccc12. The average Bonchev–Trinajstić information content (AvgIpc) is 3.50. The van der Waals surface area contributed by atoms with Gasteiger partial charge in [-0.3, -0.25) is 19.5 Å². The van der Waals surface area contributed by atoms with Gasteiger partial charge in [-0.05, 0) is 30.4 Å². The minimum absolute atomic E-state index is 0.0578. The minimum Gasteiger partial charge on any atom is -0.361 e. The number of aromatic amines is 2. The van der Waals surface area contributed by atoms with Gasteiger partial charge in [-0.25, -0.2) is 0 Å². The van der Waals surface area contributed by atoms with Crippen molar-refractivity contribution in [3.63, 3.8) is 0 Å². The van der Waals surface area contributed by atoms with Crippen LogP contribution in [0.4, 0.5) is 19.1 Å². The van der Waals surface area contributed by atoms with Crippen LogP contribution >= 0.6 is 0 Å². The first-order chi connectivity index (χ1) is 17.3. The van der Waals surface area contributed by atoms with Crippen molar-refractivity contribution in [3.8, 4) is 0 Å². The van der Waals surface area contributed by atoms with Gasteiger partial charge in [0.2, 0.25) is 5.95 Å². The zero-order valence-corrected chi connectivity index (χ0v) is 20.5. The van der Waals surface area contributed by atoms with Crippen molar-refractivity contribution in [1.29, 1.82) is 0 Å². The van der Waals surface area contributed by atoms with Gasteiger partial charge in [0.1, 0.15) is 0 Å². The molecule has 0 spiro atoms. The van der Waals surface area contributed by atoms with E-state index in [-0.39, 0.29) is 30.7 Å². The normalized spacial score (nSPS) is 16.1. The first-order valence-corrected chi connectivity index (χ1v) is 12.5. The Kier molecular flexibility index (Phi) is 8.63. The Morgan fingerprint density at radius 1 is 1.19 bits per heavy atom. The van der Waals surface area contributed by atoms with Crippen molar-refractivity contribution >= 4 is 22.6 Å². The van der Waals surface area contributed by atoms with Crippen LogP contribution < -0.4 is 4.90 Å². The van der Waals surface area contributed by atoms with Crippen LogP contribution in [0.1, 0.15) is 48.8 Å². The van der Waals surface area contributed by atoms with Crippen molar-refractivity contribution in [3.05, 3.63) is 41.9 Å². The number of fused-ring (bicyclic) bond motifs is 1. The molecule has 1 aromatic carbocycles. The van der Waals surface area contributed by atoms with E-state index in [0.717, 1.165) is 31.2 Å². The van der Waals surface area contributed by atoms with Crippen LogP contribution in [0.5, 0.6) is 0 Å². The second-order valence-corrected chi connectivity index (χ2v) is 9.31. The Labute approximate surface area is 208 Å². The molecule has 2 N–H and O–H groups in total. The summed E-state index contributed by atoms with van der Waals surface area (Å²) in [5.41, 5.74) is 2.32. The number of hydrogen-bond acceptors (Lipinski definition) is 6. The molecule has 11 heteroatoms. The maximum atomic E-state index is 13.1. The highest BCUT2D eigenvalue weighted by molar-refractivity contribution is 5.93. The number of anilines is 1. The fourth-order valence-electron chi connectivity index (χ4n) is 4.72. The lowest BCUT2D eigenvalue weighted by atomic mass is 9.89. The number of nitrogens with one attached hydrogen (secondary N) is 2. The number of ketones is 1. The van der Waals surface area contributed by atoms with Crippen LogP contribution in [-0.2, 0) is 11.2 Å². The number of halogens is 3. The number of alkyl halides is 3. The molecule has 1 aliphatic heterocycles. The predicted octanol–water partition coefficient (Wildman–Crippen LogP) is 4.57. The first-order valence-electron chi connectivity index (χ1n) is 12.5. The van der Waals surface area contributed by atoms with E-state index in [1.54, 1.807) is 0 Å². The summed E-state index contributed by atoms with van der Waals surface area (Å²) >= 11 is 0. The number of benzene rings is 1. The Hall–Kier alpha value is -2.92. The van der Waals surface area contributed by atoms with Gasteiger partial charge in [-0.1, -0.05) is 38.0 Å². The van der Waals surface area contributed by atoms with Gasteiger partial charge in [-0.15, -0.1) is 18.3 Å². The van der Waals surface area contributed by atoms with E-state index in [2.05, 4.69) is 44.0 Å². The number of Topliss-reactive ketones (excluding diaryl/α,β-unsaturated/α-hetero) is 1. The summed E-state index contributed by atoms with van der Waals surface area (Å²) in [5, 5.41) is 8.23.